The number of furan rings is 1. The molecule has 0 bridgehead atoms. The lowest BCUT2D eigenvalue weighted by Gasteiger charge is -2.12. The van der Waals surface area contributed by atoms with Gasteiger partial charge >= 0.3 is 0 Å². The van der Waals surface area contributed by atoms with Gasteiger partial charge in [0.1, 0.15) is 11.2 Å². The molecule has 8 aromatic carbocycles. The van der Waals surface area contributed by atoms with Crippen molar-refractivity contribution in [2.75, 3.05) is 0 Å². The van der Waals surface area contributed by atoms with Crippen LogP contribution in [0.15, 0.2) is 192 Å². The molecule has 0 amide bonds. The molecule has 0 saturated carbocycles. The Morgan fingerprint density at radius 3 is 1.32 bits per heavy atom. The average Bonchev–Trinajstić information content (AvgIpc) is 3.64. The number of nitrogens with zero attached hydrogens (tertiary/aromatic N) is 3. The number of aromatic nitrogens is 3. The molecule has 0 aliphatic heterocycles. The van der Waals surface area contributed by atoms with Crippen LogP contribution in [0.3, 0.4) is 0 Å². The van der Waals surface area contributed by atoms with E-state index in [9.17, 15) is 0 Å². The van der Waals surface area contributed by atoms with Crippen LogP contribution in [0.1, 0.15) is 0 Å². The van der Waals surface area contributed by atoms with Gasteiger partial charge in [-0.05, 0) is 63.0 Å². The molecule has 4 heteroatoms. The number of benzene rings is 8. The Morgan fingerprint density at radius 2 is 0.755 bits per heavy atom. The molecular formula is C49H31N3O. The normalized spacial score (nSPS) is 11.4. The molecule has 0 spiro atoms. The minimum absolute atomic E-state index is 0.591. The summed E-state index contributed by atoms with van der Waals surface area (Å²) in [5.41, 5.74) is 11.3. The third-order valence-corrected chi connectivity index (χ3v) is 9.94. The Labute approximate surface area is 306 Å². The highest BCUT2D eigenvalue weighted by Crippen LogP contribution is 2.42. The second-order valence-corrected chi connectivity index (χ2v) is 13.2. The molecule has 0 N–H and O–H groups in total. The van der Waals surface area contributed by atoms with Crippen LogP contribution in [0.2, 0.25) is 0 Å². The van der Waals surface area contributed by atoms with Crippen molar-refractivity contribution in [1.82, 2.24) is 15.0 Å². The number of fused-ring (bicyclic) bond motifs is 5. The average molecular weight is 678 g/mol. The maximum absolute atomic E-state index is 6.64. The molecular weight excluding hydrogens is 647 g/mol. The molecule has 0 aliphatic rings. The van der Waals surface area contributed by atoms with Crippen molar-refractivity contribution in [3.63, 3.8) is 0 Å². The van der Waals surface area contributed by atoms with Crippen LogP contribution in [-0.4, -0.2) is 15.0 Å². The molecule has 10 aromatic rings. The molecule has 0 saturated heterocycles. The summed E-state index contributed by atoms with van der Waals surface area (Å²) in [6, 6.07) is 65.1. The molecule has 2 heterocycles. The van der Waals surface area contributed by atoms with Crippen LogP contribution in [0.5, 0.6) is 0 Å². The maximum Gasteiger partial charge on any atom is 0.164 e. The van der Waals surface area contributed by atoms with Crippen LogP contribution in [0.4, 0.5) is 0 Å². The van der Waals surface area contributed by atoms with Crippen molar-refractivity contribution in [3.8, 4) is 67.5 Å². The first kappa shape index (κ1) is 30.6. The fourth-order valence-corrected chi connectivity index (χ4v) is 7.24. The van der Waals surface area contributed by atoms with Gasteiger partial charge in [0.2, 0.25) is 0 Å². The van der Waals surface area contributed by atoms with Gasteiger partial charge in [-0.1, -0.05) is 164 Å². The zero-order chi connectivity index (χ0) is 35.1. The van der Waals surface area contributed by atoms with Crippen molar-refractivity contribution < 1.29 is 4.42 Å². The zero-order valence-electron chi connectivity index (χ0n) is 28.6. The van der Waals surface area contributed by atoms with E-state index in [1.54, 1.807) is 0 Å². The summed E-state index contributed by atoms with van der Waals surface area (Å²) in [6.07, 6.45) is 0. The first-order valence-electron chi connectivity index (χ1n) is 17.8. The van der Waals surface area contributed by atoms with Gasteiger partial charge in [0.05, 0.1) is 0 Å². The predicted molar refractivity (Wildman–Crippen MR) is 217 cm³/mol. The molecule has 0 unspecified atom stereocenters. The molecule has 4 nitrogen and oxygen atoms in total. The maximum atomic E-state index is 6.64. The highest BCUT2D eigenvalue weighted by molar-refractivity contribution is 6.21. The van der Waals surface area contributed by atoms with E-state index in [0.29, 0.717) is 17.5 Å². The van der Waals surface area contributed by atoms with E-state index in [2.05, 4.69) is 158 Å². The molecule has 2 aromatic heterocycles. The van der Waals surface area contributed by atoms with Gasteiger partial charge < -0.3 is 4.42 Å². The minimum atomic E-state index is 0.591. The minimum Gasteiger partial charge on any atom is -0.455 e. The van der Waals surface area contributed by atoms with E-state index >= 15 is 0 Å². The predicted octanol–water partition coefficient (Wildman–Crippen LogP) is 12.9. The quantitative estimate of drug-likeness (QED) is 0.176. The van der Waals surface area contributed by atoms with Crippen LogP contribution in [-0.2, 0) is 0 Å². The van der Waals surface area contributed by atoms with Crippen molar-refractivity contribution in [2.24, 2.45) is 0 Å². The van der Waals surface area contributed by atoms with Crippen LogP contribution >= 0.6 is 0 Å². The number of rotatable bonds is 6. The third-order valence-electron chi connectivity index (χ3n) is 9.94. The first-order chi connectivity index (χ1) is 26.2. The van der Waals surface area contributed by atoms with E-state index in [1.807, 2.05) is 30.3 Å². The zero-order valence-corrected chi connectivity index (χ0v) is 28.6. The van der Waals surface area contributed by atoms with Gasteiger partial charge in [-0.2, -0.15) is 0 Å². The third kappa shape index (κ3) is 5.63. The van der Waals surface area contributed by atoms with Gasteiger partial charge in [0.15, 0.2) is 17.5 Å². The van der Waals surface area contributed by atoms with Crippen molar-refractivity contribution in [2.45, 2.75) is 0 Å². The Kier molecular flexibility index (Phi) is 7.43. The highest BCUT2D eigenvalue weighted by Gasteiger charge is 2.21. The van der Waals surface area contributed by atoms with Gasteiger partial charge in [-0.25, -0.2) is 15.0 Å². The van der Waals surface area contributed by atoms with Crippen LogP contribution in [0.25, 0.3) is 100 Å². The number of hydrogen-bond donors (Lipinski definition) is 0. The Hall–Kier alpha value is -7.17. The molecule has 0 fully saturated rings. The second-order valence-electron chi connectivity index (χ2n) is 13.2. The van der Waals surface area contributed by atoms with Gasteiger partial charge in [-0.3, -0.25) is 0 Å². The first-order valence-corrected chi connectivity index (χ1v) is 17.8. The Bertz CT molecular complexity index is 2800. The van der Waals surface area contributed by atoms with Crippen molar-refractivity contribution in [1.29, 1.82) is 0 Å². The Morgan fingerprint density at radius 1 is 0.321 bits per heavy atom. The lowest BCUT2D eigenvalue weighted by molar-refractivity contribution is 0.672. The standard InChI is InChI=1S/C49H31N3O/c1-4-12-32(13-5-1)35-20-24-37(25-21-35)47-50-48(38-26-22-36(23-27-38)33-14-6-2-7-15-33)52-49(51-47)43-31-40-30-39(34-16-8-3-9-17-34)28-29-41(40)46-45(43)42-18-10-11-19-44(42)53-46/h1-31H. The van der Waals surface area contributed by atoms with Gasteiger partial charge in [0.25, 0.3) is 0 Å². The van der Waals surface area contributed by atoms with E-state index < -0.39 is 0 Å². The van der Waals surface area contributed by atoms with Gasteiger partial charge in [0, 0.05) is 32.8 Å². The fourth-order valence-electron chi connectivity index (χ4n) is 7.24. The van der Waals surface area contributed by atoms with E-state index in [0.717, 1.165) is 82.8 Å². The molecule has 53 heavy (non-hydrogen) atoms. The Balaban J connectivity index is 1.20. The summed E-state index contributed by atoms with van der Waals surface area (Å²) in [6.45, 7) is 0. The molecule has 248 valence electrons. The summed E-state index contributed by atoms with van der Waals surface area (Å²) >= 11 is 0. The highest BCUT2D eigenvalue weighted by atomic mass is 16.3. The summed E-state index contributed by atoms with van der Waals surface area (Å²) in [7, 11) is 0. The summed E-state index contributed by atoms with van der Waals surface area (Å²) < 4.78 is 6.64. The largest absolute Gasteiger partial charge is 0.455 e. The van der Waals surface area contributed by atoms with Crippen LogP contribution in [0, 0.1) is 0 Å². The fraction of sp³-hybridized carbons (Fsp3) is 0. The molecule has 0 radical (unpaired) electrons. The van der Waals surface area contributed by atoms with E-state index in [4.69, 9.17) is 19.4 Å². The second kappa shape index (κ2) is 12.9. The van der Waals surface area contributed by atoms with E-state index in [-0.39, 0.29) is 0 Å². The number of hydrogen-bond acceptors (Lipinski definition) is 4. The molecule has 0 atom stereocenters. The number of para-hydroxylation sites is 1. The summed E-state index contributed by atoms with van der Waals surface area (Å²) in [5.74, 6) is 1.81. The molecule has 0 aliphatic carbocycles. The van der Waals surface area contributed by atoms with Crippen molar-refractivity contribution in [3.05, 3.63) is 188 Å². The topological polar surface area (TPSA) is 51.8 Å². The summed E-state index contributed by atoms with van der Waals surface area (Å²) in [5, 5.41) is 4.11. The SMILES string of the molecule is c1ccc(-c2ccc(-c3nc(-c4ccc(-c5ccccc5)cc4)nc(-c4cc5cc(-c6ccccc6)ccc5c5oc6ccccc6c45)n3)cc2)cc1. The smallest absolute Gasteiger partial charge is 0.164 e. The van der Waals surface area contributed by atoms with E-state index in [1.165, 1.54) is 0 Å². The monoisotopic (exact) mass is 677 g/mol. The lowest BCUT2D eigenvalue weighted by atomic mass is 9.96. The lowest BCUT2D eigenvalue weighted by Crippen LogP contribution is -2.00. The summed E-state index contributed by atoms with van der Waals surface area (Å²) in [4.78, 5) is 15.6. The van der Waals surface area contributed by atoms with Gasteiger partial charge in [-0.15, -0.1) is 0 Å². The van der Waals surface area contributed by atoms with Crippen molar-refractivity contribution >= 4 is 32.7 Å². The molecule has 10 rings (SSSR count). The van der Waals surface area contributed by atoms with Crippen LogP contribution < -0.4 is 0 Å².